The van der Waals surface area contributed by atoms with E-state index in [1.54, 1.807) is 0 Å². The average molecular weight is 179 g/mol. The van der Waals surface area contributed by atoms with Crippen LogP contribution in [0.5, 0.6) is 0 Å². The summed E-state index contributed by atoms with van der Waals surface area (Å²) in [4.78, 5) is 0. The van der Waals surface area contributed by atoms with Crippen molar-refractivity contribution in [2.24, 2.45) is 0 Å². The molecule has 0 saturated carbocycles. The summed E-state index contributed by atoms with van der Waals surface area (Å²) in [6, 6.07) is 12.0. The standard InChI is InChI=1S/C10H17NSi/c12-8-4-7-11-9-10-5-2-1-3-6-10/h1-3,5-6,11H,4,7-9H2,12H3. The molecule has 0 heterocycles. The summed E-state index contributed by atoms with van der Waals surface area (Å²) in [5, 5.41) is 3.42. The molecule has 0 atom stereocenters. The fourth-order valence-electron chi connectivity index (χ4n) is 1.13. The molecule has 0 fully saturated rings. The average Bonchev–Trinajstić information content (AvgIpc) is 2.14. The second-order valence-electron chi connectivity index (χ2n) is 3.02. The zero-order valence-corrected chi connectivity index (χ0v) is 9.72. The van der Waals surface area contributed by atoms with Gasteiger partial charge in [0.05, 0.1) is 0 Å². The van der Waals surface area contributed by atoms with Crippen LogP contribution >= 0.6 is 0 Å². The molecular weight excluding hydrogens is 162 g/mol. The van der Waals surface area contributed by atoms with Crippen molar-refractivity contribution in [1.29, 1.82) is 0 Å². The lowest BCUT2D eigenvalue weighted by molar-refractivity contribution is 0.675. The Bertz CT molecular complexity index is 198. The Morgan fingerprint density at radius 3 is 2.58 bits per heavy atom. The minimum absolute atomic E-state index is 1.02. The van der Waals surface area contributed by atoms with Crippen molar-refractivity contribution in [3.8, 4) is 0 Å². The van der Waals surface area contributed by atoms with E-state index >= 15 is 0 Å². The summed E-state index contributed by atoms with van der Waals surface area (Å²) in [5.74, 6) is 0. The molecule has 1 aromatic rings. The van der Waals surface area contributed by atoms with Crippen molar-refractivity contribution < 1.29 is 0 Å². The van der Waals surface area contributed by atoms with E-state index in [0.29, 0.717) is 0 Å². The first-order valence-electron chi connectivity index (χ1n) is 4.68. The summed E-state index contributed by atoms with van der Waals surface area (Å²) in [5.41, 5.74) is 1.38. The fourth-order valence-corrected chi connectivity index (χ4v) is 1.48. The van der Waals surface area contributed by atoms with E-state index in [2.05, 4.69) is 35.6 Å². The Morgan fingerprint density at radius 1 is 1.17 bits per heavy atom. The van der Waals surface area contributed by atoms with Gasteiger partial charge >= 0.3 is 0 Å². The Labute approximate surface area is 77.6 Å². The molecule has 1 N–H and O–H groups in total. The van der Waals surface area contributed by atoms with E-state index < -0.39 is 0 Å². The summed E-state index contributed by atoms with van der Waals surface area (Å²) < 4.78 is 0. The van der Waals surface area contributed by atoms with Gasteiger partial charge in [-0.2, -0.15) is 0 Å². The highest BCUT2D eigenvalue weighted by molar-refractivity contribution is 6.08. The third-order valence-electron chi connectivity index (χ3n) is 1.88. The first-order chi connectivity index (χ1) is 5.93. The van der Waals surface area contributed by atoms with Crippen molar-refractivity contribution in [2.45, 2.75) is 19.0 Å². The Kier molecular flexibility index (Phi) is 4.72. The Balaban J connectivity index is 2.16. The van der Waals surface area contributed by atoms with Crippen LogP contribution < -0.4 is 5.32 Å². The predicted molar refractivity (Wildman–Crippen MR) is 57.5 cm³/mol. The highest BCUT2D eigenvalue weighted by Gasteiger charge is 1.88. The molecule has 0 aliphatic rings. The monoisotopic (exact) mass is 179 g/mol. The van der Waals surface area contributed by atoms with Crippen molar-refractivity contribution in [2.75, 3.05) is 6.54 Å². The highest BCUT2D eigenvalue weighted by Crippen LogP contribution is 1.96. The van der Waals surface area contributed by atoms with Gasteiger partial charge in [-0.15, -0.1) is 0 Å². The van der Waals surface area contributed by atoms with Gasteiger partial charge in [0.1, 0.15) is 0 Å². The molecule has 1 nitrogen and oxygen atoms in total. The third kappa shape index (κ3) is 3.69. The number of hydrogen-bond donors (Lipinski definition) is 1. The van der Waals surface area contributed by atoms with Gasteiger partial charge in [-0.25, -0.2) is 0 Å². The first-order valence-corrected chi connectivity index (χ1v) is 6.09. The topological polar surface area (TPSA) is 12.0 Å². The van der Waals surface area contributed by atoms with Gasteiger partial charge in [0, 0.05) is 16.8 Å². The van der Waals surface area contributed by atoms with Gasteiger partial charge in [-0.1, -0.05) is 36.4 Å². The largest absolute Gasteiger partial charge is 0.313 e. The molecule has 0 saturated heterocycles. The highest BCUT2D eigenvalue weighted by atomic mass is 28.1. The lowest BCUT2D eigenvalue weighted by Crippen LogP contribution is -2.14. The van der Waals surface area contributed by atoms with Gasteiger partial charge in [0.25, 0.3) is 0 Å². The maximum Gasteiger partial charge on any atom is 0.0205 e. The maximum atomic E-state index is 3.42. The number of nitrogens with one attached hydrogen (secondary N) is 1. The maximum absolute atomic E-state index is 3.42. The number of hydrogen-bond acceptors (Lipinski definition) is 1. The van der Waals surface area contributed by atoms with E-state index in [4.69, 9.17) is 0 Å². The predicted octanol–water partition coefficient (Wildman–Crippen LogP) is 0.950. The van der Waals surface area contributed by atoms with Gasteiger partial charge in [0.2, 0.25) is 0 Å². The number of rotatable bonds is 5. The normalized spacial score (nSPS) is 10.3. The van der Waals surface area contributed by atoms with E-state index in [-0.39, 0.29) is 0 Å². The Hall–Kier alpha value is -0.603. The lowest BCUT2D eigenvalue weighted by Gasteiger charge is -2.02. The molecule has 0 aromatic heterocycles. The second kappa shape index (κ2) is 5.97. The molecule has 0 aliphatic heterocycles. The Morgan fingerprint density at radius 2 is 1.92 bits per heavy atom. The molecule has 0 amide bonds. The van der Waals surface area contributed by atoms with Crippen LogP contribution in [-0.4, -0.2) is 16.8 Å². The molecule has 1 rings (SSSR count). The second-order valence-corrected chi connectivity index (χ2v) is 4.02. The summed E-state index contributed by atoms with van der Waals surface area (Å²) in [6.07, 6.45) is 1.33. The molecule has 12 heavy (non-hydrogen) atoms. The van der Waals surface area contributed by atoms with Crippen LogP contribution in [0.1, 0.15) is 12.0 Å². The molecule has 0 spiro atoms. The fraction of sp³-hybridized carbons (Fsp3) is 0.400. The zero-order chi connectivity index (χ0) is 8.65. The van der Waals surface area contributed by atoms with Gasteiger partial charge in [0.15, 0.2) is 0 Å². The molecule has 1 aromatic carbocycles. The van der Waals surface area contributed by atoms with Gasteiger partial charge in [-0.3, -0.25) is 0 Å². The molecule has 66 valence electrons. The van der Waals surface area contributed by atoms with Crippen LogP contribution in [0, 0.1) is 0 Å². The van der Waals surface area contributed by atoms with Crippen molar-refractivity contribution >= 4 is 10.2 Å². The number of benzene rings is 1. The van der Waals surface area contributed by atoms with E-state index in [1.165, 1.54) is 34.8 Å². The molecule has 0 radical (unpaired) electrons. The molecular formula is C10H17NSi. The van der Waals surface area contributed by atoms with Gasteiger partial charge < -0.3 is 5.32 Å². The molecule has 0 bridgehead atoms. The van der Waals surface area contributed by atoms with Crippen LogP contribution in [0.15, 0.2) is 30.3 Å². The van der Waals surface area contributed by atoms with Gasteiger partial charge in [-0.05, 0) is 18.5 Å². The first kappa shape index (κ1) is 9.48. The van der Waals surface area contributed by atoms with E-state index in [1.807, 2.05) is 0 Å². The quantitative estimate of drug-likeness (QED) is 0.524. The third-order valence-corrected chi connectivity index (χ3v) is 2.59. The molecule has 0 aliphatic carbocycles. The van der Waals surface area contributed by atoms with E-state index in [0.717, 1.165) is 6.54 Å². The smallest absolute Gasteiger partial charge is 0.0205 e. The minimum atomic E-state index is 1.02. The van der Waals surface area contributed by atoms with Crippen LogP contribution in [0.3, 0.4) is 0 Å². The van der Waals surface area contributed by atoms with Crippen LogP contribution in [-0.2, 0) is 6.54 Å². The summed E-state index contributed by atoms with van der Waals surface area (Å²) in [6.45, 7) is 2.18. The van der Waals surface area contributed by atoms with Crippen LogP contribution in [0.2, 0.25) is 6.04 Å². The van der Waals surface area contributed by atoms with Crippen LogP contribution in [0.4, 0.5) is 0 Å². The summed E-state index contributed by atoms with van der Waals surface area (Å²) >= 11 is 0. The SMILES string of the molecule is [SiH3]CCCNCc1ccccc1. The zero-order valence-electron chi connectivity index (χ0n) is 7.72. The van der Waals surface area contributed by atoms with Crippen LogP contribution in [0.25, 0.3) is 0 Å². The van der Waals surface area contributed by atoms with Crippen molar-refractivity contribution in [3.05, 3.63) is 35.9 Å². The molecule has 0 unspecified atom stereocenters. The van der Waals surface area contributed by atoms with Crippen molar-refractivity contribution in [1.82, 2.24) is 5.32 Å². The summed E-state index contributed by atoms with van der Waals surface area (Å²) in [7, 11) is 1.34. The minimum Gasteiger partial charge on any atom is -0.313 e. The van der Waals surface area contributed by atoms with Crippen molar-refractivity contribution in [3.63, 3.8) is 0 Å². The van der Waals surface area contributed by atoms with E-state index in [9.17, 15) is 0 Å². The molecule has 2 heteroatoms. The lowest BCUT2D eigenvalue weighted by atomic mass is 10.2.